The van der Waals surface area contributed by atoms with Gasteiger partial charge in [0.2, 0.25) is 0 Å². The van der Waals surface area contributed by atoms with Crippen molar-refractivity contribution < 1.29 is 9.53 Å². The third-order valence-corrected chi connectivity index (χ3v) is 3.28. The quantitative estimate of drug-likeness (QED) is 0.492. The summed E-state index contributed by atoms with van der Waals surface area (Å²) in [7, 11) is 5.42. The third kappa shape index (κ3) is 4.28. The number of carbonyl (C=O) groups excluding carboxylic acids is 1. The van der Waals surface area contributed by atoms with Gasteiger partial charge in [0, 0.05) is 22.9 Å². The van der Waals surface area contributed by atoms with E-state index in [1.54, 1.807) is 30.0 Å². The first kappa shape index (κ1) is 13.9. The molecule has 0 unspecified atom stereocenters. The van der Waals surface area contributed by atoms with E-state index in [2.05, 4.69) is 9.64 Å². The van der Waals surface area contributed by atoms with Crippen LogP contribution in [0.15, 0.2) is 23.1 Å². The van der Waals surface area contributed by atoms with E-state index in [0.717, 1.165) is 17.2 Å². The summed E-state index contributed by atoms with van der Waals surface area (Å²) in [6.07, 6.45) is 0. The smallest absolute Gasteiger partial charge is 0.337 e. The molecule has 0 saturated carbocycles. The molecule has 1 aromatic carbocycles. The SMILES string of the molecule is COC(=O)c1ccc(N)c(SCCN(C)C)c1. The molecule has 2 N–H and O–H groups in total. The zero-order chi connectivity index (χ0) is 12.8. The summed E-state index contributed by atoms with van der Waals surface area (Å²) in [6.45, 7) is 0.965. The molecule has 0 saturated heterocycles. The molecule has 0 atom stereocenters. The average Bonchev–Trinajstić information content (AvgIpc) is 2.30. The fraction of sp³-hybridized carbons (Fsp3) is 0.417. The Bertz CT molecular complexity index is 394. The molecule has 94 valence electrons. The van der Waals surface area contributed by atoms with E-state index in [0.29, 0.717) is 11.3 Å². The average molecular weight is 254 g/mol. The number of carbonyl (C=O) groups is 1. The normalized spacial score (nSPS) is 10.6. The minimum Gasteiger partial charge on any atom is -0.465 e. The molecule has 0 aliphatic heterocycles. The molecule has 0 aliphatic carbocycles. The molecule has 0 radical (unpaired) electrons. The number of hydrogen-bond acceptors (Lipinski definition) is 5. The summed E-state index contributed by atoms with van der Waals surface area (Å²) < 4.78 is 4.68. The first-order valence-electron chi connectivity index (χ1n) is 5.30. The van der Waals surface area contributed by atoms with Crippen LogP contribution in [0.1, 0.15) is 10.4 Å². The van der Waals surface area contributed by atoms with Crippen LogP contribution in [0.5, 0.6) is 0 Å². The molecule has 0 heterocycles. The summed E-state index contributed by atoms with van der Waals surface area (Å²) in [5.74, 6) is 0.599. The molecule has 1 rings (SSSR count). The van der Waals surface area contributed by atoms with Crippen molar-refractivity contribution in [2.24, 2.45) is 0 Å². The zero-order valence-electron chi connectivity index (χ0n) is 10.4. The van der Waals surface area contributed by atoms with Gasteiger partial charge in [0.25, 0.3) is 0 Å². The van der Waals surface area contributed by atoms with Crippen LogP contribution in [-0.4, -0.2) is 44.4 Å². The van der Waals surface area contributed by atoms with E-state index in [1.165, 1.54) is 7.11 Å². The minimum atomic E-state index is -0.334. The Hall–Kier alpha value is -1.20. The van der Waals surface area contributed by atoms with E-state index in [-0.39, 0.29) is 5.97 Å². The van der Waals surface area contributed by atoms with E-state index in [4.69, 9.17) is 5.73 Å². The Morgan fingerprint density at radius 3 is 2.76 bits per heavy atom. The highest BCUT2D eigenvalue weighted by molar-refractivity contribution is 7.99. The second kappa shape index (κ2) is 6.51. The third-order valence-electron chi connectivity index (χ3n) is 2.23. The summed E-state index contributed by atoms with van der Waals surface area (Å²) in [4.78, 5) is 14.4. The second-order valence-corrected chi connectivity index (χ2v) is 5.03. The Morgan fingerprint density at radius 2 is 2.18 bits per heavy atom. The summed E-state index contributed by atoms with van der Waals surface area (Å²) in [5.41, 5.74) is 7.09. The molecule has 0 amide bonds. The number of methoxy groups -OCH3 is 1. The van der Waals surface area contributed by atoms with Gasteiger partial charge < -0.3 is 15.4 Å². The number of ether oxygens (including phenoxy) is 1. The number of nitrogen functional groups attached to an aromatic ring is 1. The summed E-state index contributed by atoms with van der Waals surface area (Å²) in [6, 6.07) is 5.20. The molecule has 17 heavy (non-hydrogen) atoms. The van der Waals surface area contributed by atoms with E-state index in [1.807, 2.05) is 14.1 Å². The summed E-state index contributed by atoms with van der Waals surface area (Å²) in [5, 5.41) is 0. The highest BCUT2D eigenvalue weighted by Gasteiger charge is 2.08. The van der Waals surface area contributed by atoms with Gasteiger partial charge in [0.1, 0.15) is 0 Å². The molecule has 0 spiro atoms. The van der Waals surface area contributed by atoms with Gasteiger partial charge >= 0.3 is 5.97 Å². The van der Waals surface area contributed by atoms with E-state index in [9.17, 15) is 4.79 Å². The van der Waals surface area contributed by atoms with Gasteiger partial charge in [-0.15, -0.1) is 11.8 Å². The van der Waals surface area contributed by atoms with Crippen molar-refractivity contribution in [1.82, 2.24) is 4.90 Å². The highest BCUT2D eigenvalue weighted by Crippen LogP contribution is 2.26. The Balaban J connectivity index is 2.73. The molecular formula is C12H18N2O2S. The Morgan fingerprint density at radius 1 is 1.47 bits per heavy atom. The van der Waals surface area contributed by atoms with Crippen molar-refractivity contribution >= 4 is 23.4 Å². The monoisotopic (exact) mass is 254 g/mol. The maximum atomic E-state index is 11.4. The van der Waals surface area contributed by atoms with Gasteiger partial charge in [0.15, 0.2) is 0 Å². The number of esters is 1. The van der Waals surface area contributed by atoms with Crippen LogP contribution >= 0.6 is 11.8 Å². The van der Waals surface area contributed by atoms with Crippen LogP contribution in [0.3, 0.4) is 0 Å². The van der Waals surface area contributed by atoms with Crippen LogP contribution in [0.2, 0.25) is 0 Å². The predicted octanol–water partition coefficient (Wildman–Crippen LogP) is 1.71. The lowest BCUT2D eigenvalue weighted by molar-refractivity contribution is 0.0600. The number of rotatable bonds is 5. The Kier molecular flexibility index (Phi) is 5.31. The van der Waals surface area contributed by atoms with Crippen molar-refractivity contribution in [2.75, 3.05) is 39.2 Å². The van der Waals surface area contributed by atoms with Gasteiger partial charge in [-0.1, -0.05) is 0 Å². The predicted molar refractivity (Wildman–Crippen MR) is 71.5 cm³/mol. The molecule has 0 fully saturated rings. The molecule has 5 heteroatoms. The van der Waals surface area contributed by atoms with Crippen molar-refractivity contribution in [2.45, 2.75) is 4.90 Å². The number of nitrogens with two attached hydrogens (primary N) is 1. The van der Waals surface area contributed by atoms with Crippen LogP contribution in [0.4, 0.5) is 5.69 Å². The maximum Gasteiger partial charge on any atom is 0.337 e. The van der Waals surface area contributed by atoms with Gasteiger partial charge in [-0.3, -0.25) is 0 Å². The van der Waals surface area contributed by atoms with Crippen LogP contribution < -0.4 is 5.73 Å². The second-order valence-electron chi connectivity index (χ2n) is 3.90. The first-order valence-corrected chi connectivity index (χ1v) is 6.28. The number of hydrogen-bond donors (Lipinski definition) is 1. The van der Waals surface area contributed by atoms with Gasteiger partial charge in [-0.05, 0) is 32.3 Å². The topological polar surface area (TPSA) is 55.6 Å². The number of thioether (sulfide) groups is 1. The summed E-state index contributed by atoms with van der Waals surface area (Å²) >= 11 is 1.64. The molecular weight excluding hydrogens is 236 g/mol. The maximum absolute atomic E-state index is 11.4. The lowest BCUT2D eigenvalue weighted by Crippen LogP contribution is -2.14. The molecule has 1 aromatic rings. The van der Waals surface area contributed by atoms with Crippen molar-refractivity contribution in [3.05, 3.63) is 23.8 Å². The minimum absolute atomic E-state index is 0.334. The van der Waals surface area contributed by atoms with Crippen LogP contribution in [0, 0.1) is 0 Å². The lowest BCUT2D eigenvalue weighted by atomic mass is 10.2. The van der Waals surface area contributed by atoms with Gasteiger partial charge in [-0.2, -0.15) is 0 Å². The first-order chi connectivity index (χ1) is 8.04. The fourth-order valence-corrected chi connectivity index (χ4v) is 2.36. The van der Waals surface area contributed by atoms with Crippen molar-refractivity contribution in [1.29, 1.82) is 0 Å². The molecule has 0 bridgehead atoms. The zero-order valence-corrected chi connectivity index (χ0v) is 11.2. The van der Waals surface area contributed by atoms with Crippen molar-refractivity contribution in [3.8, 4) is 0 Å². The largest absolute Gasteiger partial charge is 0.465 e. The van der Waals surface area contributed by atoms with Gasteiger partial charge in [0.05, 0.1) is 12.7 Å². The lowest BCUT2D eigenvalue weighted by Gasteiger charge is -2.10. The number of anilines is 1. The van der Waals surface area contributed by atoms with Crippen LogP contribution in [-0.2, 0) is 4.74 Å². The van der Waals surface area contributed by atoms with Gasteiger partial charge in [-0.25, -0.2) is 4.79 Å². The van der Waals surface area contributed by atoms with E-state index < -0.39 is 0 Å². The van der Waals surface area contributed by atoms with E-state index >= 15 is 0 Å². The standard InChI is InChI=1S/C12H18N2O2S/c1-14(2)6-7-17-11-8-9(12(15)16-3)4-5-10(11)13/h4-5,8H,6-7,13H2,1-3H3. The highest BCUT2D eigenvalue weighted by atomic mass is 32.2. The van der Waals surface area contributed by atoms with Crippen LogP contribution in [0.25, 0.3) is 0 Å². The Labute approximate surface area is 106 Å². The number of nitrogens with zero attached hydrogens (tertiary/aromatic N) is 1. The number of benzene rings is 1. The molecule has 4 nitrogen and oxygen atoms in total. The molecule has 0 aliphatic rings. The fourth-order valence-electron chi connectivity index (χ4n) is 1.24. The van der Waals surface area contributed by atoms with Crippen molar-refractivity contribution in [3.63, 3.8) is 0 Å². The molecule has 0 aromatic heterocycles.